The van der Waals surface area contributed by atoms with Crippen molar-refractivity contribution < 1.29 is 9.59 Å². The van der Waals surface area contributed by atoms with E-state index in [0.29, 0.717) is 11.3 Å². The molecule has 3 aromatic rings. The van der Waals surface area contributed by atoms with E-state index in [2.05, 4.69) is 15.3 Å². The molecule has 6 nitrogen and oxygen atoms in total. The summed E-state index contributed by atoms with van der Waals surface area (Å²) in [6, 6.07) is 6.55. The number of aryl methyl sites for hydroxylation is 3. The van der Waals surface area contributed by atoms with E-state index in [-0.39, 0.29) is 11.2 Å². The molecule has 1 aliphatic rings. The zero-order chi connectivity index (χ0) is 19.8. The van der Waals surface area contributed by atoms with E-state index in [0.717, 1.165) is 33.9 Å². The van der Waals surface area contributed by atoms with Crippen LogP contribution in [-0.4, -0.2) is 27.0 Å². The fraction of sp³-hybridized carbons (Fsp3) is 0.300. The van der Waals surface area contributed by atoms with Gasteiger partial charge < -0.3 is 11.1 Å². The van der Waals surface area contributed by atoms with Crippen molar-refractivity contribution in [2.24, 2.45) is 5.73 Å². The molecule has 0 unspecified atom stereocenters. The Kier molecular flexibility index (Phi) is 5.07. The maximum absolute atomic E-state index is 12.7. The van der Waals surface area contributed by atoms with Gasteiger partial charge in [0.1, 0.15) is 15.7 Å². The molecule has 0 aliphatic heterocycles. The van der Waals surface area contributed by atoms with Crippen molar-refractivity contribution in [3.05, 3.63) is 46.1 Å². The average Bonchev–Trinajstić information content (AvgIpc) is 3.22. The van der Waals surface area contributed by atoms with Crippen molar-refractivity contribution in [3.63, 3.8) is 0 Å². The highest BCUT2D eigenvalue weighted by Crippen LogP contribution is 2.41. The van der Waals surface area contributed by atoms with E-state index < -0.39 is 5.91 Å². The summed E-state index contributed by atoms with van der Waals surface area (Å²) in [5, 5.41) is 4.56. The maximum atomic E-state index is 12.7. The third-order valence-electron chi connectivity index (χ3n) is 4.74. The Labute approximate surface area is 170 Å². The van der Waals surface area contributed by atoms with Gasteiger partial charge in [-0.1, -0.05) is 11.8 Å². The molecule has 0 saturated heterocycles. The highest BCUT2D eigenvalue weighted by molar-refractivity contribution is 8.00. The molecule has 0 spiro atoms. The molecule has 4 rings (SSSR count). The largest absolute Gasteiger partial charge is 0.366 e. The molecule has 1 atom stereocenters. The van der Waals surface area contributed by atoms with Gasteiger partial charge in [-0.15, -0.1) is 11.3 Å². The molecule has 0 saturated carbocycles. The number of hydrogen-bond donors (Lipinski definition) is 2. The predicted molar refractivity (Wildman–Crippen MR) is 113 cm³/mol. The van der Waals surface area contributed by atoms with Crippen molar-refractivity contribution in [2.75, 3.05) is 5.32 Å². The first-order valence-corrected chi connectivity index (χ1v) is 10.8. The molecule has 2 aromatic heterocycles. The lowest BCUT2D eigenvalue weighted by Gasteiger charge is -2.13. The highest BCUT2D eigenvalue weighted by atomic mass is 32.2. The fourth-order valence-electron chi connectivity index (χ4n) is 3.33. The van der Waals surface area contributed by atoms with Gasteiger partial charge in [0, 0.05) is 21.5 Å². The molecular weight excluding hydrogens is 392 g/mol. The second kappa shape index (κ2) is 7.52. The Morgan fingerprint density at radius 1 is 1.21 bits per heavy atom. The smallest absolute Gasteiger partial charge is 0.248 e. The Hall–Kier alpha value is -2.45. The summed E-state index contributed by atoms with van der Waals surface area (Å²) >= 11 is 3.22. The summed E-state index contributed by atoms with van der Waals surface area (Å²) in [6.45, 7) is 3.76. The van der Waals surface area contributed by atoms with Gasteiger partial charge in [0.25, 0.3) is 0 Å². The van der Waals surface area contributed by atoms with Crippen molar-refractivity contribution in [3.8, 4) is 0 Å². The van der Waals surface area contributed by atoms with Crippen molar-refractivity contribution in [1.29, 1.82) is 0 Å². The zero-order valence-electron chi connectivity index (χ0n) is 15.6. The first-order chi connectivity index (χ1) is 13.4. The van der Waals surface area contributed by atoms with E-state index >= 15 is 0 Å². The molecule has 8 heteroatoms. The van der Waals surface area contributed by atoms with Crippen LogP contribution in [0.5, 0.6) is 0 Å². The summed E-state index contributed by atoms with van der Waals surface area (Å²) in [4.78, 5) is 35.5. The molecule has 144 valence electrons. The summed E-state index contributed by atoms with van der Waals surface area (Å²) < 4.78 is 0. The number of carbonyl (C=O) groups excluding carboxylic acids is 2. The molecular formula is C20H20N4O2S2. The van der Waals surface area contributed by atoms with Gasteiger partial charge in [-0.25, -0.2) is 9.97 Å². The van der Waals surface area contributed by atoms with E-state index in [1.807, 2.05) is 13.8 Å². The third-order valence-corrected chi connectivity index (χ3v) is 7.01. The van der Waals surface area contributed by atoms with Gasteiger partial charge in [0.15, 0.2) is 0 Å². The monoisotopic (exact) mass is 412 g/mol. The van der Waals surface area contributed by atoms with Gasteiger partial charge in [0.05, 0.1) is 5.25 Å². The van der Waals surface area contributed by atoms with E-state index in [1.165, 1.54) is 28.6 Å². The van der Waals surface area contributed by atoms with Crippen LogP contribution in [0.2, 0.25) is 0 Å². The SMILES string of the molecule is Cc1nc(S[C@@H](C)C(=O)Nc2ccc(C(N)=O)cc2)c2c3c(sc2n1)CCC3. The summed E-state index contributed by atoms with van der Waals surface area (Å²) in [6.07, 6.45) is 3.34. The molecule has 1 aliphatic carbocycles. The molecule has 0 radical (unpaired) electrons. The number of thioether (sulfide) groups is 1. The minimum absolute atomic E-state index is 0.117. The Morgan fingerprint density at radius 3 is 2.68 bits per heavy atom. The lowest BCUT2D eigenvalue weighted by molar-refractivity contribution is -0.115. The summed E-state index contributed by atoms with van der Waals surface area (Å²) in [5.41, 5.74) is 7.64. The minimum atomic E-state index is -0.492. The van der Waals surface area contributed by atoms with Crippen LogP contribution in [0.25, 0.3) is 10.2 Å². The number of nitrogens with two attached hydrogens (primary N) is 1. The van der Waals surface area contributed by atoms with Crippen molar-refractivity contribution >= 4 is 50.8 Å². The van der Waals surface area contributed by atoms with E-state index in [4.69, 9.17) is 5.73 Å². The van der Waals surface area contributed by atoms with Crippen LogP contribution in [0, 0.1) is 6.92 Å². The second-order valence-electron chi connectivity index (χ2n) is 6.80. The van der Waals surface area contributed by atoms with Gasteiger partial charge in [-0.05, 0) is 62.9 Å². The lowest BCUT2D eigenvalue weighted by Crippen LogP contribution is -2.22. The quantitative estimate of drug-likeness (QED) is 0.492. The Bertz CT molecular complexity index is 1080. The van der Waals surface area contributed by atoms with Crippen LogP contribution >= 0.6 is 23.1 Å². The lowest BCUT2D eigenvalue weighted by atomic mass is 10.2. The van der Waals surface area contributed by atoms with E-state index in [1.54, 1.807) is 35.6 Å². The van der Waals surface area contributed by atoms with Gasteiger partial charge in [-0.2, -0.15) is 0 Å². The van der Waals surface area contributed by atoms with Crippen LogP contribution in [0.1, 0.15) is 40.0 Å². The summed E-state index contributed by atoms with van der Waals surface area (Å²) in [5.74, 6) is 0.117. The average molecular weight is 413 g/mol. The zero-order valence-corrected chi connectivity index (χ0v) is 17.2. The Morgan fingerprint density at radius 2 is 1.96 bits per heavy atom. The number of thiophene rings is 1. The van der Waals surface area contributed by atoms with Crippen molar-refractivity contribution in [2.45, 2.75) is 43.4 Å². The normalized spacial score (nSPS) is 14.1. The van der Waals surface area contributed by atoms with Crippen LogP contribution < -0.4 is 11.1 Å². The first-order valence-electron chi connectivity index (χ1n) is 9.08. The number of hydrogen-bond acceptors (Lipinski definition) is 6. The van der Waals surface area contributed by atoms with Gasteiger partial charge in [0.2, 0.25) is 11.8 Å². The number of nitrogens with zero attached hydrogens (tertiary/aromatic N) is 2. The topological polar surface area (TPSA) is 98.0 Å². The number of carbonyl (C=O) groups is 2. The number of fused-ring (bicyclic) bond motifs is 3. The van der Waals surface area contributed by atoms with Crippen LogP contribution in [-0.2, 0) is 17.6 Å². The molecule has 3 N–H and O–H groups in total. The minimum Gasteiger partial charge on any atom is -0.366 e. The highest BCUT2D eigenvalue weighted by Gasteiger charge is 2.24. The van der Waals surface area contributed by atoms with Gasteiger partial charge in [-0.3, -0.25) is 9.59 Å². The predicted octanol–water partition coefficient (Wildman–Crippen LogP) is 3.71. The van der Waals surface area contributed by atoms with Crippen molar-refractivity contribution in [1.82, 2.24) is 9.97 Å². The molecule has 0 fully saturated rings. The van der Waals surface area contributed by atoms with Crippen LogP contribution in [0.15, 0.2) is 29.3 Å². The number of aromatic nitrogens is 2. The standard InChI is InChI=1S/C20H20N4O2S2/c1-10(18(26)24-13-8-6-12(7-9-13)17(21)25)27-19-16-14-4-3-5-15(14)28-20(16)23-11(2)22-19/h6-10H,3-5H2,1-2H3,(H2,21,25)(H,24,26)/t10-/m0/s1. The Balaban J connectivity index is 1.54. The van der Waals surface area contributed by atoms with Crippen LogP contribution in [0.3, 0.4) is 0 Å². The number of nitrogens with one attached hydrogen (secondary N) is 1. The van der Waals surface area contributed by atoms with Gasteiger partial charge >= 0.3 is 0 Å². The number of benzene rings is 1. The van der Waals surface area contributed by atoms with Crippen LogP contribution in [0.4, 0.5) is 5.69 Å². The number of anilines is 1. The second-order valence-corrected chi connectivity index (χ2v) is 9.22. The molecule has 2 amide bonds. The van der Waals surface area contributed by atoms with E-state index in [9.17, 15) is 9.59 Å². The maximum Gasteiger partial charge on any atom is 0.248 e. The molecule has 1 aromatic carbocycles. The third kappa shape index (κ3) is 3.62. The first kappa shape index (κ1) is 18.9. The number of rotatable bonds is 5. The summed E-state index contributed by atoms with van der Waals surface area (Å²) in [7, 11) is 0. The fourth-order valence-corrected chi connectivity index (χ4v) is 5.73. The molecule has 28 heavy (non-hydrogen) atoms. The molecule has 0 bridgehead atoms. The number of amides is 2. The molecule has 2 heterocycles. The number of primary amides is 1.